The van der Waals surface area contributed by atoms with Gasteiger partial charge in [-0.25, -0.2) is 0 Å². The Bertz CT molecular complexity index is 682. The molecular formula is C17H17F3LiOP. The van der Waals surface area contributed by atoms with Crippen LogP contribution in [0.15, 0.2) is 42.5 Å². The number of hydrogen-bond donors (Lipinski definition) is 0. The van der Waals surface area contributed by atoms with Crippen molar-refractivity contribution < 1.29 is 38.3 Å². The van der Waals surface area contributed by atoms with Crippen molar-refractivity contribution >= 4 is 18.8 Å². The van der Waals surface area contributed by atoms with E-state index in [2.05, 4.69) is 0 Å². The van der Waals surface area contributed by atoms with Gasteiger partial charge in [0.25, 0.3) is 0 Å². The Hall–Kier alpha value is -1.07. The molecule has 118 valence electrons. The average molecular weight is 332 g/mol. The predicted octanol–water partition coefficient (Wildman–Crippen LogP) is 2.20. The number of hydrogen-bond acceptors (Lipinski definition) is 1. The van der Waals surface area contributed by atoms with Crippen molar-refractivity contribution in [3.05, 3.63) is 64.7 Å². The van der Waals surface area contributed by atoms with E-state index in [0.717, 1.165) is 5.56 Å². The summed E-state index contributed by atoms with van der Waals surface area (Å²) in [5, 5.41) is 0.127. The molecule has 0 radical (unpaired) electrons. The zero-order valence-electron chi connectivity index (χ0n) is 14.5. The molecule has 0 aliphatic rings. The summed E-state index contributed by atoms with van der Waals surface area (Å²) in [5.41, 5.74) is 1.18. The first-order valence-electron chi connectivity index (χ1n) is 6.76. The number of rotatable bonds is 3. The van der Waals surface area contributed by atoms with Crippen LogP contribution in [0.4, 0.5) is 13.2 Å². The molecule has 0 aliphatic heterocycles. The van der Waals surface area contributed by atoms with Crippen LogP contribution in [0.2, 0.25) is 0 Å². The standard InChI is InChI=1S/C17H16F3OP.Li.H/c1-11-9-12(2)15(13(3)10-11)22(17(18,19)20)16(21)14-7-5-4-6-8-14;;/h4-10H,1-3H3;;/q;+1;-1. The van der Waals surface area contributed by atoms with Gasteiger partial charge in [0, 0.05) is 5.56 Å². The van der Waals surface area contributed by atoms with E-state index in [1.54, 1.807) is 44.2 Å². The van der Waals surface area contributed by atoms with Crippen molar-refractivity contribution in [3.63, 3.8) is 0 Å². The molecule has 2 aromatic carbocycles. The van der Waals surface area contributed by atoms with Gasteiger partial charge in [-0.05, 0) is 37.2 Å². The minimum atomic E-state index is -4.56. The van der Waals surface area contributed by atoms with Crippen molar-refractivity contribution in [2.24, 2.45) is 0 Å². The minimum absolute atomic E-state index is 0. The van der Waals surface area contributed by atoms with Crippen molar-refractivity contribution in [2.45, 2.75) is 26.7 Å². The third-order valence-corrected chi connectivity index (χ3v) is 5.66. The Balaban J connectivity index is 0.00000264. The molecule has 0 fully saturated rings. The maximum atomic E-state index is 13.6. The molecule has 0 heterocycles. The maximum absolute atomic E-state index is 13.6. The zero-order chi connectivity index (χ0) is 16.5. The summed E-state index contributed by atoms with van der Waals surface area (Å²) in [6, 6.07) is 11.1. The molecule has 0 bridgehead atoms. The quantitative estimate of drug-likeness (QED) is 0.622. The van der Waals surface area contributed by atoms with E-state index in [1.807, 2.05) is 6.92 Å². The van der Waals surface area contributed by atoms with E-state index >= 15 is 0 Å². The van der Waals surface area contributed by atoms with Gasteiger partial charge in [0.05, 0.1) is 0 Å². The number of benzene rings is 2. The fourth-order valence-corrected chi connectivity index (χ4v) is 4.51. The summed E-state index contributed by atoms with van der Waals surface area (Å²) in [6.45, 7) is 5.10. The molecular weight excluding hydrogens is 315 g/mol. The van der Waals surface area contributed by atoms with Gasteiger partial charge < -0.3 is 1.43 Å². The third kappa shape index (κ3) is 4.48. The zero-order valence-corrected chi connectivity index (χ0v) is 14.4. The molecule has 1 nitrogen and oxygen atoms in total. The van der Waals surface area contributed by atoms with Crippen LogP contribution >= 0.6 is 7.92 Å². The van der Waals surface area contributed by atoms with Crippen LogP contribution in [0.25, 0.3) is 0 Å². The van der Waals surface area contributed by atoms with Crippen molar-refractivity contribution in [1.29, 1.82) is 0 Å². The second-order valence-corrected chi connectivity index (χ2v) is 7.25. The number of halogens is 3. The smallest absolute Gasteiger partial charge is 1.00 e. The molecule has 0 amide bonds. The molecule has 23 heavy (non-hydrogen) atoms. The largest absolute Gasteiger partial charge is 1.00 e. The van der Waals surface area contributed by atoms with E-state index in [0.29, 0.717) is 11.1 Å². The van der Waals surface area contributed by atoms with Crippen molar-refractivity contribution in [1.82, 2.24) is 0 Å². The Kier molecular flexibility index (Phi) is 6.66. The summed E-state index contributed by atoms with van der Waals surface area (Å²) >= 11 is 0. The van der Waals surface area contributed by atoms with E-state index in [1.165, 1.54) is 12.1 Å². The molecule has 0 spiro atoms. The van der Waals surface area contributed by atoms with Crippen LogP contribution in [0, 0.1) is 20.8 Å². The maximum Gasteiger partial charge on any atom is 1.00 e. The van der Waals surface area contributed by atoms with Crippen LogP contribution in [0.5, 0.6) is 0 Å². The van der Waals surface area contributed by atoms with Crippen LogP contribution in [0.1, 0.15) is 28.5 Å². The molecule has 1 unspecified atom stereocenters. The number of alkyl halides is 3. The van der Waals surface area contributed by atoms with E-state index in [9.17, 15) is 18.0 Å². The first-order chi connectivity index (χ1) is 10.2. The molecule has 0 N–H and O–H groups in total. The number of carbonyl (C=O) groups excluding carboxylic acids is 1. The molecule has 6 heteroatoms. The van der Waals surface area contributed by atoms with Gasteiger partial charge in [-0.1, -0.05) is 48.0 Å². The number of carbonyl (C=O) groups is 1. The molecule has 0 saturated heterocycles. The summed E-state index contributed by atoms with van der Waals surface area (Å²) < 4.78 is 40.8. The van der Waals surface area contributed by atoms with Crippen LogP contribution in [0.3, 0.4) is 0 Å². The van der Waals surface area contributed by atoms with Crippen LogP contribution in [-0.2, 0) is 0 Å². The van der Waals surface area contributed by atoms with Gasteiger partial charge in [-0.15, -0.1) is 0 Å². The second-order valence-electron chi connectivity index (χ2n) is 5.22. The monoisotopic (exact) mass is 332 g/mol. The SMILES string of the molecule is Cc1cc(C)c(P(C(=O)c2ccccc2)C(F)(F)F)c(C)c1.[H-].[Li+]. The summed E-state index contributed by atoms with van der Waals surface area (Å²) in [4.78, 5) is 12.5. The van der Waals surface area contributed by atoms with Crippen LogP contribution < -0.4 is 24.2 Å². The Morgan fingerprint density at radius 2 is 1.48 bits per heavy atom. The van der Waals surface area contributed by atoms with Gasteiger partial charge in [-0.3, -0.25) is 4.79 Å². The van der Waals surface area contributed by atoms with Crippen LogP contribution in [-0.4, -0.2) is 11.4 Å². The van der Waals surface area contributed by atoms with E-state index in [4.69, 9.17) is 0 Å². The van der Waals surface area contributed by atoms with E-state index < -0.39 is 19.4 Å². The van der Waals surface area contributed by atoms with Crippen molar-refractivity contribution in [3.8, 4) is 0 Å². The molecule has 0 saturated carbocycles. The van der Waals surface area contributed by atoms with Crippen molar-refractivity contribution in [2.75, 3.05) is 0 Å². The molecule has 2 aromatic rings. The fourth-order valence-electron chi connectivity index (χ4n) is 2.58. The Morgan fingerprint density at radius 1 is 1.00 bits per heavy atom. The molecule has 0 aromatic heterocycles. The normalized spacial score (nSPS) is 12.4. The summed E-state index contributed by atoms with van der Waals surface area (Å²) in [5.74, 6) is -4.56. The molecule has 1 atom stereocenters. The number of aryl methyl sites for hydroxylation is 3. The Morgan fingerprint density at radius 3 is 1.91 bits per heavy atom. The molecule has 0 aliphatic carbocycles. The topological polar surface area (TPSA) is 17.1 Å². The average Bonchev–Trinajstić information content (AvgIpc) is 2.41. The summed E-state index contributed by atoms with van der Waals surface area (Å²) in [7, 11) is -2.93. The summed E-state index contributed by atoms with van der Waals surface area (Å²) in [6.07, 6.45) is 0. The second kappa shape index (κ2) is 7.66. The predicted molar refractivity (Wildman–Crippen MR) is 85.1 cm³/mol. The fraction of sp³-hybridized carbons (Fsp3) is 0.235. The third-order valence-electron chi connectivity index (χ3n) is 3.34. The first kappa shape index (κ1) is 20.0. The Labute approximate surface area is 148 Å². The van der Waals surface area contributed by atoms with Gasteiger partial charge in [0.15, 0.2) is 5.52 Å². The van der Waals surface area contributed by atoms with Gasteiger partial charge in [0.2, 0.25) is 0 Å². The van der Waals surface area contributed by atoms with E-state index in [-0.39, 0.29) is 31.2 Å². The minimum Gasteiger partial charge on any atom is -1.00 e. The molecule has 2 rings (SSSR count). The van der Waals surface area contributed by atoms with Gasteiger partial charge >= 0.3 is 24.8 Å². The van der Waals surface area contributed by atoms with Gasteiger partial charge in [-0.2, -0.15) is 13.2 Å². The first-order valence-corrected chi connectivity index (χ1v) is 8.10. The van der Waals surface area contributed by atoms with Gasteiger partial charge in [0.1, 0.15) is 7.92 Å².